The molecule has 0 aliphatic heterocycles. The summed E-state index contributed by atoms with van der Waals surface area (Å²) >= 11 is 0. The average molecular weight is 585 g/mol. The highest BCUT2D eigenvalue weighted by molar-refractivity contribution is 5.92. The van der Waals surface area contributed by atoms with Gasteiger partial charge in [-0.05, 0) is 55.5 Å². The van der Waals surface area contributed by atoms with Crippen LogP contribution in [0.4, 0.5) is 0 Å². The van der Waals surface area contributed by atoms with Crippen LogP contribution in [0.2, 0.25) is 0 Å². The number of hydrogen-bond acceptors (Lipinski definition) is 13. The van der Waals surface area contributed by atoms with Gasteiger partial charge in [0.2, 0.25) is 0 Å². The summed E-state index contributed by atoms with van der Waals surface area (Å²) in [5.41, 5.74) is 0.0517. The number of ether oxygens (including phenoxy) is 4. The van der Waals surface area contributed by atoms with Crippen LogP contribution in [0.15, 0.2) is 98.1 Å². The fraction of sp³-hybridized carbons (Fsp3) is 0.167. The Morgan fingerprint density at radius 3 is 1.26 bits per heavy atom. The number of rotatable bonds is 12. The lowest BCUT2D eigenvalue weighted by molar-refractivity contribution is -0.137. The molecule has 4 rings (SSSR count). The van der Waals surface area contributed by atoms with Crippen molar-refractivity contribution in [1.82, 2.24) is 19.9 Å². The lowest BCUT2D eigenvalue weighted by Crippen LogP contribution is -2.51. The van der Waals surface area contributed by atoms with Crippen molar-refractivity contribution in [3.8, 4) is 0 Å². The van der Waals surface area contributed by atoms with Gasteiger partial charge < -0.3 is 18.9 Å². The molecule has 0 fully saturated rings. The van der Waals surface area contributed by atoms with Gasteiger partial charge in [0.15, 0.2) is 24.6 Å². The van der Waals surface area contributed by atoms with Crippen molar-refractivity contribution in [1.29, 1.82) is 0 Å². The molecule has 0 amide bonds. The Bertz CT molecular complexity index is 1540. The van der Waals surface area contributed by atoms with E-state index in [1.165, 1.54) is 105 Å². The summed E-state index contributed by atoms with van der Waals surface area (Å²) in [5.74, 6) is -3.77. The molecule has 0 aliphatic rings. The zero-order valence-corrected chi connectivity index (χ0v) is 22.6. The average Bonchev–Trinajstić information content (AvgIpc) is 3.06. The number of esters is 4. The smallest absolute Gasteiger partial charge is 0.340 e. The number of carbonyl (C=O) groups excluding carboxylic acids is 5. The van der Waals surface area contributed by atoms with Crippen molar-refractivity contribution in [2.75, 3.05) is 0 Å². The van der Waals surface area contributed by atoms with Gasteiger partial charge in [-0.3, -0.25) is 24.7 Å². The first-order chi connectivity index (χ1) is 20.9. The highest BCUT2D eigenvalue weighted by Crippen LogP contribution is 2.22. The highest BCUT2D eigenvalue weighted by Gasteiger charge is 2.43. The van der Waals surface area contributed by atoms with E-state index in [-0.39, 0.29) is 28.5 Å². The van der Waals surface area contributed by atoms with Crippen LogP contribution < -0.4 is 0 Å². The van der Waals surface area contributed by atoms with Crippen LogP contribution >= 0.6 is 0 Å². The molecule has 218 valence electrons. The van der Waals surface area contributed by atoms with Gasteiger partial charge in [-0.1, -0.05) is 0 Å². The molecule has 4 aromatic rings. The second-order valence-corrected chi connectivity index (χ2v) is 8.82. The second kappa shape index (κ2) is 14.7. The lowest BCUT2D eigenvalue weighted by Gasteiger charge is -2.33. The number of hydrogen-bond donors (Lipinski definition) is 0. The van der Waals surface area contributed by atoms with Gasteiger partial charge in [0.25, 0.3) is 0 Å². The van der Waals surface area contributed by atoms with Crippen molar-refractivity contribution >= 4 is 30.2 Å². The molecule has 0 bridgehead atoms. The van der Waals surface area contributed by atoms with Crippen molar-refractivity contribution in [3.63, 3.8) is 0 Å². The Labute approximate surface area is 244 Å². The van der Waals surface area contributed by atoms with Crippen LogP contribution in [0.5, 0.6) is 0 Å². The molecular weight excluding hydrogens is 560 g/mol. The van der Waals surface area contributed by atoms with Gasteiger partial charge in [-0.25, -0.2) is 19.2 Å². The Morgan fingerprint density at radius 2 is 0.907 bits per heavy atom. The predicted octanol–water partition coefficient (Wildman–Crippen LogP) is 2.69. The fourth-order valence-corrected chi connectivity index (χ4v) is 3.74. The predicted molar refractivity (Wildman–Crippen MR) is 145 cm³/mol. The molecule has 0 saturated carbocycles. The third kappa shape index (κ3) is 8.10. The number of pyridine rings is 4. The molecule has 43 heavy (non-hydrogen) atoms. The van der Waals surface area contributed by atoms with E-state index in [4.69, 9.17) is 18.9 Å². The standard InChI is InChI=1S/C30H24N4O9/c1-19(40-27(36)20-6-2-10-31-14-20)25(42-29(38)22-8-4-12-33-16-22)26(43-30(39)23-9-5-13-34-17-23)24(18-35)41-28(37)21-7-3-11-32-15-21/h2-19,24-26H,1H3/t19-,24+,25+,26-/m1/s1. The van der Waals surface area contributed by atoms with E-state index < -0.39 is 48.3 Å². The Morgan fingerprint density at radius 1 is 0.558 bits per heavy atom. The molecule has 4 atom stereocenters. The zero-order valence-electron chi connectivity index (χ0n) is 22.6. The van der Waals surface area contributed by atoms with E-state index in [1.54, 1.807) is 0 Å². The SMILES string of the molecule is C[C@@H](OC(=O)c1cccnc1)[C@H](OC(=O)c1cccnc1)[C@H](OC(=O)c1cccnc1)[C@H](C=O)OC(=O)c1cccnc1. The summed E-state index contributed by atoms with van der Waals surface area (Å²) in [5, 5.41) is 0. The second-order valence-electron chi connectivity index (χ2n) is 8.82. The minimum atomic E-state index is -1.83. The molecule has 0 unspecified atom stereocenters. The first-order valence-corrected chi connectivity index (χ1v) is 12.8. The van der Waals surface area contributed by atoms with Crippen LogP contribution in [-0.2, 0) is 23.7 Å². The van der Waals surface area contributed by atoms with E-state index in [1.807, 2.05) is 0 Å². The van der Waals surface area contributed by atoms with Crippen LogP contribution in [0.1, 0.15) is 48.4 Å². The molecule has 4 heterocycles. The Kier molecular flexibility index (Phi) is 10.3. The maximum atomic E-state index is 13.2. The van der Waals surface area contributed by atoms with E-state index >= 15 is 0 Å². The van der Waals surface area contributed by atoms with Gasteiger partial charge in [0, 0.05) is 49.6 Å². The summed E-state index contributed by atoms with van der Waals surface area (Å²) in [4.78, 5) is 80.0. The maximum absolute atomic E-state index is 13.2. The maximum Gasteiger partial charge on any atom is 0.340 e. The molecule has 0 saturated heterocycles. The quantitative estimate of drug-likeness (QED) is 0.135. The van der Waals surface area contributed by atoms with Gasteiger partial charge >= 0.3 is 23.9 Å². The van der Waals surface area contributed by atoms with Crippen LogP contribution in [-0.4, -0.2) is 74.5 Å². The molecule has 0 N–H and O–H groups in total. The largest absolute Gasteiger partial charge is 0.455 e. The van der Waals surface area contributed by atoms with Gasteiger partial charge in [0.1, 0.15) is 6.10 Å². The minimum absolute atomic E-state index is 0.00521. The summed E-state index contributed by atoms with van der Waals surface area (Å²) in [6, 6.07) is 11.6. The first kappa shape index (κ1) is 30.1. The van der Waals surface area contributed by atoms with E-state index in [2.05, 4.69) is 19.9 Å². The molecule has 0 radical (unpaired) electrons. The van der Waals surface area contributed by atoms with Crippen molar-refractivity contribution in [3.05, 3.63) is 120 Å². The van der Waals surface area contributed by atoms with Crippen LogP contribution in [0, 0.1) is 0 Å². The van der Waals surface area contributed by atoms with Gasteiger partial charge in [0.05, 0.1) is 22.3 Å². The normalized spacial score (nSPS) is 13.3. The van der Waals surface area contributed by atoms with Crippen LogP contribution in [0.3, 0.4) is 0 Å². The van der Waals surface area contributed by atoms with E-state index in [0.29, 0.717) is 0 Å². The van der Waals surface area contributed by atoms with Crippen molar-refractivity contribution in [2.45, 2.75) is 31.3 Å². The summed E-state index contributed by atoms with van der Waals surface area (Å²) in [7, 11) is 0. The Hall–Kier alpha value is -5.85. The van der Waals surface area contributed by atoms with E-state index in [9.17, 15) is 24.0 Å². The third-order valence-corrected chi connectivity index (χ3v) is 5.86. The summed E-state index contributed by atoms with van der Waals surface area (Å²) < 4.78 is 22.3. The Balaban J connectivity index is 1.72. The lowest BCUT2D eigenvalue weighted by atomic mass is 10.0. The van der Waals surface area contributed by atoms with E-state index in [0.717, 1.165) is 0 Å². The van der Waals surface area contributed by atoms with Gasteiger partial charge in [-0.15, -0.1) is 0 Å². The molecule has 0 aromatic carbocycles. The molecule has 13 heteroatoms. The third-order valence-electron chi connectivity index (χ3n) is 5.86. The molecule has 13 nitrogen and oxygen atoms in total. The molecular formula is C30H24N4O9. The molecule has 4 aromatic heterocycles. The fourth-order valence-electron chi connectivity index (χ4n) is 3.74. The molecule has 0 aliphatic carbocycles. The highest BCUT2D eigenvalue weighted by atomic mass is 16.6. The topological polar surface area (TPSA) is 174 Å². The number of aromatic nitrogens is 4. The number of nitrogens with zero attached hydrogens (tertiary/aromatic N) is 4. The number of carbonyl (C=O) groups is 5. The summed E-state index contributed by atoms with van der Waals surface area (Å²) in [6.45, 7) is 1.35. The van der Waals surface area contributed by atoms with Crippen molar-refractivity contribution in [2.24, 2.45) is 0 Å². The van der Waals surface area contributed by atoms with Crippen LogP contribution in [0.25, 0.3) is 0 Å². The van der Waals surface area contributed by atoms with Crippen molar-refractivity contribution < 1.29 is 42.9 Å². The monoisotopic (exact) mass is 584 g/mol. The summed E-state index contributed by atoms with van der Waals surface area (Å²) in [6.07, 6.45) is 4.18. The zero-order chi connectivity index (χ0) is 30.6. The number of aldehydes is 1. The van der Waals surface area contributed by atoms with Gasteiger partial charge in [-0.2, -0.15) is 0 Å². The minimum Gasteiger partial charge on any atom is -0.455 e. The molecule has 0 spiro atoms. The first-order valence-electron chi connectivity index (χ1n) is 12.8.